The second-order valence-corrected chi connectivity index (χ2v) is 6.26. The van der Waals surface area contributed by atoms with Gasteiger partial charge >= 0.3 is 0 Å². The third-order valence-corrected chi connectivity index (χ3v) is 3.91. The molecule has 0 aromatic heterocycles. The Bertz CT molecular complexity index is 425. The molecule has 0 aliphatic heterocycles. The summed E-state index contributed by atoms with van der Waals surface area (Å²) in [4.78, 5) is 0. The summed E-state index contributed by atoms with van der Waals surface area (Å²) in [7, 11) is 0. The highest BCUT2D eigenvalue weighted by atomic mass is 35.5. The van der Waals surface area contributed by atoms with Gasteiger partial charge in [0.1, 0.15) is 0 Å². The Morgan fingerprint density at radius 3 is 1.95 bits per heavy atom. The molecule has 0 N–H and O–H groups in total. The Hall–Kier alpha value is -0.600. The quantitative estimate of drug-likeness (QED) is 0.672. The highest BCUT2D eigenvalue weighted by molar-refractivity contribution is 6.33. The Morgan fingerprint density at radius 1 is 1.05 bits per heavy atom. The van der Waals surface area contributed by atoms with E-state index in [2.05, 4.69) is 20.8 Å². The average molecular weight is 305 g/mol. The van der Waals surface area contributed by atoms with E-state index in [1.165, 1.54) is 0 Å². The first-order valence-corrected chi connectivity index (χ1v) is 7.35. The normalized spacial score (nSPS) is 13.2. The summed E-state index contributed by atoms with van der Waals surface area (Å²) in [6.45, 7) is 11.2. The number of ether oxygens (including phenoxy) is 2. The van der Waals surface area contributed by atoms with Crippen LogP contribution in [0.1, 0.15) is 45.6 Å². The van der Waals surface area contributed by atoms with Crippen LogP contribution >= 0.6 is 23.2 Å². The van der Waals surface area contributed by atoms with Gasteiger partial charge in [-0.05, 0) is 30.9 Å². The van der Waals surface area contributed by atoms with Crippen molar-refractivity contribution in [1.82, 2.24) is 0 Å². The molecule has 0 fully saturated rings. The Balaban J connectivity index is 3.23. The van der Waals surface area contributed by atoms with E-state index in [4.69, 9.17) is 32.7 Å². The Labute approximate surface area is 126 Å². The van der Waals surface area contributed by atoms with Gasteiger partial charge in [-0.15, -0.1) is 11.6 Å². The Kier molecular flexibility index (Phi) is 5.82. The molecular weight excluding hydrogens is 283 g/mol. The molecule has 0 bridgehead atoms. The maximum absolute atomic E-state index is 6.51. The smallest absolute Gasteiger partial charge is 0.162 e. The van der Waals surface area contributed by atoms with Gasteiger partial charge < -0.3 is 9.47 Å². The van der Waals surface area contributed by atoms with Gasteiger partial charge in [-0.25, -0.2) is 0 Å². The number of benzene rings is 1. The van der Waals surface area contributed by atoms with Crippen molar-refractivity contribution in [1.29, 1.82) is 0 Å². The van der Waals surface area contributed by atoms with Crippen LogP contribution in [0.3, 0.4) is 0 Å². The van der Waals surface area contributed by atoms with Crippen molar-refractivity contribution in [3.05, 3.63) is 22.7 Å². The number of alkyl halides is 1. The van der Waals surface area contributed by atoms with Crippen molar-refractivity contribution >= 4 is 23.2 Å². The van der Waals surface area contributed by atoms with Crippen molar-refractivity contribution in [3.8, 4) is 11.5 Å². The van der Waals surface area contributed by atoms with Crippen LogP contribution in [0.4, 0.5) is 0 Å². The first kappa shape index (κ1) is 16.5. The third kappa shape index (κ3) is 4.19. The number of hydrogen-bond donors (Lipinski definition) is 0. The van der Waals surface area contributed by atoms with Gasteiger partial charge in [0.2, 0.25) is 0 Å². The number of halogens is 2. The summed E-state index contributed by atoms with van der Waals surface area (Å²) < 4.78 is 11.1. The van der Waals surface area contributed by atoms with E-state index in [1.54, 1.807) is 6.07 Å². The highest BCUT2D eigenvalue weighted by Crippen LogP contribution is 2.45. The van der Waals surface area contributed by atoms with Gasteiger partial charge in [-0.1, -0.05) is 32.4 Å². The fourth-order valence-electron chi connectivity index (χ4n) is 1.75. The molecule has 0 heterocycles. The lowest BCUT2D eigenvalue weighted by atomic mass is 9.87. The minimum absolute atomic E-state index is 0.0815. The molecule has 1 unspecified atom stereocenters. The van der Waals surface area contributed by atoms with E-state index in [0.29, 0.717) is 29.7 Å². The SMILES string of the molecule is CCOc1cc(Cl)c(C(Cl)C(C)(C)C)cc1OCC. The molecule has 0 saturated heterocycles. The molecule has 1 aromatic carbocycles. The molecule has 0 aliphatic carbocycles. The predicted octanol–water partition coefficient (Wildman–Crippen LogP) is 5.46. The van der Waals surface area contributed by atoms with E-state index < -0.39 is 0 Å². The van der Waals surface area contributed by atoms with E-state index in [9.17, 15) is 0 Å². The molecule has 0 radical (unpaired) electrons. The van der Waals surface area contributed by atoms with Crippen molar-refractivity contribution < 1.29 is 9.47 Å². The first-order valence-electron chi connectivity index (χ1n) is 6.54. The van der Waals surface area contributed by atoms with E-state index >= 15 is 0 Å². The molecule has 108 valence electrons. The third-order valence-electron chi connectivity index (χ3n) is 2.70. The van der Waals surface area contributed by atoms with Crippen LogP contribution in [0, 0.1) is 5.41 Å². The molecule has 2 nitrogen and oxygen atoms in total. The summed E-state index contributed by atoms with van der Waals surface area (Å²) in [6, 6.07) is 3.67. The number of rotatable bonds is 5. The van der Waals surface area contributed by atoms with Crippen molar-refractivity contribution in [2.75, 3.05) is 13.2 Å². The molecule has 4 heteroatoms. The molecule has 0 spiro atoms. The fourth-order valence-corrected chi connectivity index (χ4v) is 2.25. The van der Waals surface area contributed by atoms with Crippen LogP contribution < -0.4 is 9.47 Å². The summed E-state index contributed by atoms with van der Waals surface area (Å²) in [5.41, 5.74) is 0.796. The predicted molar refractivity (Wildman–Crippen MR) is 81.8 cm³/mol. The number of hydrogen-bond acceptors (Lipinski definition) is 2. The average Bonchev–Trinajstić information content (AvgIpc) is 2.31. The van der Waals surface area contributed by atoms with Crippen LogP contribution in [-0.4, -0.2) is 13.2 Å². The topological polar surface area (TPSA) is 18.5 Å². The molecule has 0 amide bonds. The molecule has 1 atom stereocenters. The molecule has 19 heavy (non-hydrogen) atoms. The fraction of sp³-hybridized carbons (Fsp3) is 0.600. The van der Waals surface area contributed by atoms with Crippen LogP contribution in [0.2, 0.25) is 5.02 Å². The summed E-state index contributed by atoms with van der Waals surface area (Å²) in [5.74, 6) is 1.36. The van der Waals surface area contributed by atoms with Gasteiger partial charge in [0.25, 0.3) is 0 Å². The Morgan fingerprint density at radius 2 is 1.53 bits per heavy atom. The van der Waals surface area contributed by atoms with E-state index in [0.717, 1.165) is 5.56 Å². The minimum atomic E-state index is -0.185. The van der Waals surface area contributed by atoms with Crippen molar-refractivity contribution in [2.24, 2.45) is 5.41 Å². The lowest BCUT2D eigenvalue weighted by molar-refractivity contribution is 0.287. The summed E-state index contributed by atoms with van der Waals surface area (Å²) in [6.07, 6.45) is 0. The maximum atomic E-state index is 6.51. The van der Waals surface area contributed by atoms with Crippen LogP contribution in [0.25, 0.3) is 0 Å². The van der Waals surface area contributed by atoms with Gasteiger partial charge in [-0.3, -0.25) is 0 Å². The van der Waals surface area contributed by atoms with Crippen LogP contribution in [-0.2, 0) is 0 Å². The molecule has 0 aliphatic rings. The molecule has 0 saturated carbocycles. The lowest BCUT2D eigenvalue weighted by Crippen LogP contribution is -2.14. The second kappa shape index (κ2) is 6.71. The molecular formula is C15H22Cl2O2. The van der Waals surface area contributed by atoms with Gasteiger partial charge in [0, 0.05) is 11.1 Å². The zero-order chi connectivity index (χ0) is 14.6. The minimum Gasteiger partial charge on any atom is -0.490 e. The summed E-state index contributed by atoms with van der Waals surface area (Å²) in [5, 5.41) is 0.428. The van der Waals surface area contributed by atoms with Gasteiger partial charge in [0.15, 0.2) is 11.5 Å². The zero-order valence-corrected chi connectivity index (χ0v) is 13.7. The largest absolute Gasteiger partial charge is 0.490 e. The monoisotopic (exact) mass is 304 g/mol. The molecule has 1 aromatic rings. The van der Waals surface area contributed by atoms with E-state index in [-0.39, 0.29) is 10.8 Å². The standard InChI is InChI=1S/C15H22Cl2O2/c1-6-18-12-8-10(14(17)15(3,4)5)11(16)9-13(12)19-7-2/h8-9,14H,6-7H2,1-5H3. The van der Waals surface area contributed by atoms with Gasteiger partial charge in [0.05, 0.1) is 18.6 Å². The molecule has 1 rings (SSSR count). The zero-order valence-electron chi connectivity index (χ0n) is 12.2. The van der Waals surface area contributed by atoms with Crippen molar-refractivity contribution in [3.63, 3.8) is 0 Å². The van der Waals surface area contributed by atoms with Crippen molar-refractivity contribution in [2.45, 2.75) is 40.0 Å². The first-order chi connectivity index (χ1) is 8.81. The van der Waals surface area contributed by atoms with E-state index in [1.807, 2.05) is 19.9 Å². The summed E-state index contributed by atoms with van der Waals surface area (Å²) >= 11 is 12.8. The van der Waals surface area contributed by atoms with Crippen LogP contribution in [0.5, 0.6) is 11.5 Å². The van der Waals surface area contributed by atoms with Crippen LogP contribution in [0.15, 0.2) is 12.1 Å². The highest BCUT2D eigenvalue weighted by Gasteiger charge is 2.27. The maximum Gasteiger partial charge on any atom is 0.162 e. The lowest BCUT2D eigenvalue weighted by Gasteiger charge is -2.27. The second-order valence-electron chi connectivity index (χ2n) is 5.42. The van der Waals surface area contributed by atoms with Gasteiger partial charge in [-0.2, -0.15) is 0 Å².